The van der Waals surface area contributed by atoms with Crippen molar-refractivity contribution < 1.29 is 4.79 Å². The number of aryl methyl sites for hydroxylation is 2. The fraction of sp³-hybridized carbons (Fsp3) is 0.467. The molecule has 0 saturated heterocycles. The average molecular weight is 289 g/mol. The highest BCUT2D eigenvalue weighted by atomic mass is 32.1. The topological polar surface area (TPSA) is 46.9 Å². The normalized spacial score (nSPS) is 15.7. The van der Waals surface area contributed by atoms with Crippen LogP contribution in [-0.4, -0.2) is 15.5 Å². The second-order valence-electron chi connectivity index (χ2n) is 5.14. The van der Waals surface area contributed by atoms with E-state index in [0.717, 1.165) is 25.2 Å². The summed E-state index contributed by atoms with van der Waals surface area (Å²) in [6.45, 7) is 3.07. The van der Waals surface area contributed by atoms with Crippen LogP contribution in [0.25, 0.3) is 0 Å². The fourth-order valence-electron chi connectivity index (χ4n) is 2.62. The zero-order valence-electron chi connectivity index (χ0n) is 11.6. The predicted molar refractivity (Wildman–Crippen MR) is 80.0 cm³/mol. The van der Waals surface area contributed by atoms with Gasteiger partial charge in [0.1, 0.15) is 11.5 Å². The number of hydrogen-bond acceptors (Lipinski definition) is 3. The van der Waals surface area contributed by atoms with Gasteiger partial charge in [-0.05, 0) is 30.7 Å². The van der Waals surface area contributed by atoms with E-state index in [4.69, 9.17) is 0 Å². The zero-order chi connectivity index (χ0) is 13.9. The van der Waals surface area contributed by atoms with Gasteiger partial charge in [0.25, 0.3) is 5.91 Å². The largest absolute Gasteiger partial charge is 0.343 e. The standard InChI is InChI=1S/C15H19N3OS/c1-2-11(13-6-5-9-20-13)17-15(19)12-10-18-8-4-3-7-14(18)16-12/h5-6,9-11H,2-4,7-8H2,1H3,(H,17,19). The Balaban J connectivity index is 1.74. The second-order valence-corrected chi connectivity index (χ2v) is 6.12. The van der Waals surface area contributed by atoms with Gasteiger partial charge in [-0.15, -0.1) is 11.3 Å². The maximum atomic E-state index is 12.3. The number of fused-ring (bicyclic) bond motifs is 1. The molecule has 1 unspecified atom stereocenters. The van der Waals surface area contributed by atoms with Gasteiger partial charge in [-0.1, -0.05) is 13.0 Å². The van der Waals surface area contributed by atoms with E-state index in [1.54, 1.807) is 11.3 Å². The first-order valence-corrected chi connectivity index (χ1v) is 8.06. The lowest BCUT2D eigenvalue weighted by Crippen LogP contribution is -2.27. The van der Waals surface area contributed by atoms with Gasteiger partial charge >= 0.3 is 0 Å². The molecule has 106 valence electrons. The van der Waals surface area contributed by atoms with Crippen LogP contribution in [0.3, 0.4) is 0 Å². The van der Waals surface area contributed by atoms with Gasteiger partial charge in [-0.2, -0.15) is 0 Å². The summed E-state index contributed by atoms with van der Waals surface area (Å²) in [6.07, 6.45) is 6.11. The van der Waals surface area contributed by atoms with E-state index in [-0.39, 0.29) is 11.9 Å². The van der Waals surface area contributed by atoms with Crippen LogP contribution in [0, 0.1) is 0 Å². The first kappa shape index (κ1) is 13.4. The zero-order valence-corrected chi connectivity index (χ0v) is 12.4. The molecule has 0 aliphatic carbocycles. The summed E-state index contributed by atoms with van der Waals surface area (Å²) in [5.74, 6) is 0.984. The Labute approximate surface area is 122 Å². The van der Waals surface area contributed by atoms with Crippen molar-refractivity contribution in [2.45, 2.75) is 45.2 Å². The van der Waals surface area contributed by atoms with E-state index in [9.17, 15) is 4.79 Å². The smallest absolute Gasteiger partial charge is 0.271 e. The maximum Gasteiger partial charge on any atom is 0.271 e. The number of carbonyl (C=O) groups excluding carboxylic acids is 1. The molecule has 0 spiro atoms. The fourth-order valence-corrected chi connectivity index (χ4v) is 3.48. The minimum Gasteiger partial charge on any atom is -0.343 e. The molecule has 0 aromatic carbocycles. The van der Waals surface area contributed by atoms with Gasteiger partial charge in [-0.25, -0.2) is 4.98 Å². The third kappa shape index (κ3) is 2.63. The molecule has 20 heavy (non-hydrogen) atoms. The molecule has 5 heteroatoms. The Bertz CT molecular complexity index is 565. The molecule has 2 aromatic rings. The number of imidazole rings is 1. The number of hydrogen-bond donors (Lipinski definition) is 1. The van der Waals surface area contributed by atoms with E-state index in [1.807, 2.05) is 17.6 Å². The van der Waals surface area contributed by atoms with Gasteiger partial charge in [0.05, 0.1) is 6.04 Å². The summed E-state index contributed by atoms with van der Waals surface area (Å²) in [6, 6.07) is 4.17. The molecule has 1 aliphatic rings. The molecule has 4 nitrogen and oxygen atoms in total. The first-order chi connectivity index (χ1) is 9.78. The Hall–Kier alpha value is -1.62. The summed E-state index contributed by atoms with van der Waals surface area (Å²) in [7, 11) is 0. The molecule has 3 rings (SSSR count). The molecule has 1 N–H and O–H groups in total. The summed E-state index contributed by atoms with van der Waals surface area (Å²) in [5.41, 5.74) is 0.553. The molecule has 0 radical (unpaired) electrons. The third-order valence-corrected chi connectivity index (χ3v) is 4.73. The summed E-state index contributed by atoms with van der Waals surface area (Å²) >= 11 is 1.68. The number of amides is 1. The first-order valence-electron chi connectivity index (χ1n) is 7.18. The lowest BCUT2D eigenvalue weighted by molar-refractivity contribution is 0.0931. The molecule has 1 atom stereocenters. The molecular formula is C15H19N3OS. The predicted octanol–water partition coefficient (Wildman–Crippen LogP) is 3.16. The van der Waals surface area contributed by atoms with Crippen molar-refractivity contribution in [2.24, 2.45) is 0 Å². The minimum absolute atomic E-state index is 0.0628. The highest BCUT2D eigenvalue weighted by molar-refractivity contribution is 7.10. The van der Waals surface area contributed by atoms with Crippen LogP contribution in [0.4, 0.5) is 0 Å². The van der Waals surface area contributed by atoms with Gasteiger partial charge in [0.2, 0.25) is 0 Å². The molecule has 0 fully saturated rings. The molecular weight excluding hydrogens is 270 g/mol. The average Bonchev–Trinajstić information content (AvgIpc) is 3.13. The lowest BCUT2D eigenvalue weighted by Gasteiger charge is -2.14. The monoisotopic (exact) mass is 289 g/mol. The molecule has 3 heterocycles. The van der Waals surface area contributed by atoms with Crippen molar-refractivity contribution in [1.82, 2.24) is 14.9 Å². The van der Waals surface area contributed by atoms with Crippen molar-refractivity contribution in [3.8, 4) is 0 Å². The van der Waals surface area contributed by atoms with Gasteiger partial charge in [0.15, 0.2) is 0 Å². The third-order valence-electron chi connectivity index (χ3n) is 3.74. The SMILES string of the molecule is CCC(NC(=O)c1cn2c(n1)CCCC2)c1cccs1. The van der Waals surface area contributed by atoms with E-state index in [2.05, 4.69) is 27.9 Å². The Morgan fingerprint density at radius 1 is 1.55 bits per heavy atom. The van der Waals surface area contributed by atoms with Crippen LogP contribution in [0.5, 0.6) is 0 Å². The lowest BCUT2D eigenvalue weighted by atomic mass is 10.2. The van der Waals surface area contributed by atoms with Crippen molar-refractivity contribution in [3.05, 3.63) is 40.1 Å². The van der Waals surface area contributed by atoms with Crippen LogP contribution in [0.15, 0.2) is 23.7 Å². The van der Waals surface area contributed by atoms with Crippen LogP contribution in [0.1, 0.15) is 53.4 Å². The Morgan fingerprint density at radius 2 is 2.45 bits per heavy atom. The molecule has 1 aliphatic heterocycles. The number of aromatic nitrogens is 2. The number of thiophene rings is 1. The molecule has 0 saturated carbocycles. The second kappa shape index (κ2) is 5.79. The molecule has 2 aromatic heterocycles. The van der Waals surface area contributed by atoms with Crippen molar-refractivity contribution in [3.63, 3.8) is 0 Å². The quantitative estimate of drug-likeness (QED) is 0.939. The summed E-state index contributed by atoms with van der Waals surface area (Å²) in [5, 5.41) is 5.13. The van der Waals surface area contributed by atoms with E-state index >= 15 is 0 Å². The van der Waals surface area contributed by atoms with Crippen LogP contribution >= 0.6 is 11.3 Å². The minimum atomic E-state index is -0.0628. The summed E-state index contributed by atoms with van der Waals surface area (Å²) < 4.78 is 2.12. The van der Waals surface area contributed by atoms with Crippen molar-refractivity contribution in [1.29, 1.82) is 0 Å². The van der Waals surface area contributed by atoms with Gasteiger partial charge in [-0.3, -0.25) is 4.79 Å². The highest BCUT2D eigenvalue weighted by Crippen LogP contribution is 2.22. The number of rotatable bonds is 4. The Kier molecular flexibility index (Phi) is 3.87. The van der Waals surface area contributed by atoms with Crippen LogP contribution in [0.2, 0.25) is 0 Å². The van der Waals surface area contributed by atoms with Crippen LogP contribution < -0.4 is 5.32 Å². The van der Waals surface area contributed by atoms with E-state index < -0.39 is 0 Å². The van der Waals surface area contributed by atoms with E-state index in [0.29, 0.717) is 5.69 Å². The van der Waals surface area contributed by atoms with E-state index in [1.165, 1.54) is 17.7 Å². The number of nitrogens with zero attached hydrogens (tertiary/aromatic N) is 2. The Morgan fingerprint density at radius 3 is 3.15 bits per heavy atom. The van der Waals surface area contributed by atoms with Gasteiger partial charge in [0, 0.05) is 24.0 Å². The summed E-state index contributed by atoms with van der Waals surface area (Å²) in [4.78, 5) is 18.0. The molecule has 1 amide bonds. The molecule has 0 bridgehead atoms. The number of nitrogens with one attached hydrogen (secondary N) is 1. The van der Waals surface area contributed by atoms with Crippen LogP contribution in [-0.2, 0) is 13.0 Å². The van der Waals surface area contributed by atoms with Crippen molar-refractivity contribution >= 4 is 17.2 Å². The number of carbonyl (C=O) groups is 1. The maximum absolute atomic E-state index is 12.3. The van der Waals surface area contributed by atoms with Crippen molar-refractivity contribution in [2.75, 3.05) is 0 Å². The highest BCUT2D eigenvalue weighted by Gasteiger charge is 2.19. The van der Waals surface area contributed by atoms with Gasteiger partial charge < -0.3 is 9.88 Å².